The minimum atomic E-state index is -0.282. The van der Waals surface area contributed by atoms with Crippen LogP contribution in [-0.4, -0.2) is 11.4 Å². The SMILES string of the molecule is [NH3+]CC(Cl)Cl. The van der Waals surface area contributed by atoms with E-state index in [0.717, 1.165) is 0 Å². The molecule has 0 aliphatic rings. The van der Waals surface area contributed by atoms with Gasteiger partial charge in [-0.25, -0.2) is 0 Å². The van der Waals surface area contributed by atoms with Crippen LogP contribution in [-0.2, 0) is 0 Å². The normalized spacial score (nSPS) is 9.60. The van der Waals surface area contributed by atoms with E-state index in [2.05, 4.69) is 5.73 Å². The predicted molar refractivity (Wildman–Crippen MR) is 23.2 cm³/mol. The van der Waals surface area contributed by atoms with Crippen molar-refractivity contribution in [1.29, 1.82) is 0 Å². The Kier molecular flexibility index (Phi) is 3.06. The zero-order chi connectivity index (χ0) is 4.28. The van der Waals surface area contributed by atoms with Gasteiger partial charge in [0.25, 0.3) is 0 Å². The van der Waals surface area contributed by atoms with Gasteiger partial charge in [0.05, 0.1) is 0 Å². The largest absolute Gasteiger partial charge is 0.355 e. The van der Waals surface area contributed by atoms with Crippen molar-refractivity contribution < 1.29 is 5.73 Å². The number of quaternary nitrogens is 1. The molecule has 0 amide bonds. The predicted octanol–water partition coefficient (Wildman–Crippen LogP) is 0.0320. The van der Waals surface area contributed by atoms with Crippen molar-refractivity contribution in [3.05, 3.63) is 0 Å². The van der Waals surface area contributed by atoms with Gasteiger partial charge >= 0.3 is 0 Å². The van der Waals surface area contributed by atoms with Crippen molar-refractivity contribution in [1.82, 2.24) is 0 Å². The van der Waals surface area contributed by atoms with E-state index in [0.29, 0.717) is 6.54 Å². The summed E-state index contributed by atoms with van der Waals surface area (Å²) in [6.45, 7) is 0.586. The first kappa shape index (κ1) is 5.54. The molecule has 0 spiro atoms. The second-order valence-corrected chi connectivity index (χ2v) is 1.96. The molecule has 0 aromatic carbocycles. The summed E-state index contributed by atoms with van der Waals surface area (Å²) in [5.41, 5.74) is 3.42. The van der Waals surface area contributed by atoms with E-state index in [4.69, 9.17) is 23.2 Å². The van der Waals surface area contributed by atoms with Gasteiger partial charge < -0.3 is 5.73 Å². The third-order valence-corrected chi connectivity index (χ3v) is 0.655. The van der Waals surface area contributed by atoms with Crippen LogP contribution < -0.4 is 5.73 Å². The highest BCUT2D eigenvalue weighted by molar-refractivity contribution is 6.44. The third kappa shape index (κ3) is 4.54. The first-order valence-electron chi connectivity index (χ1n) is 1.34. The fourth-order valence-corrected chi connectivity index (χ4v) is 0. The van der Waals surface area contributed by atoms with Crippen molar-refractivity contribution in [3.8, 4) is 0 Å². The van der Waals surface area contributed by atoms with Gasteiger partial charge in [0.1, 0.15) is 6.54 Å². The van der Waals surface area contributed by atoms with Crippen molar-refractivity contribution in [2.75, 3.05) is 6.54 Å². The Bertz CT molecular complexity index is 21.6. The Morgan fingerprint density at radius 1 is 1.60 bits per heavy atom. The fraction of sp³-hybridized carbons (Fsp3) is 1.00. The van der Waals surface area contributed by atoms with Gasteiger partial charge in [-0.05, 0) is 0 Å². The molecule has 3 heteroatoms. The molecule has 0 radical (unpaired) electrons. The minimum absolute atomic E-state index is 0.282. The van der Waals surface area contributed by atoms with Crippen LogP contribution in [0.4, 0.5) is 0 Å². The Morgan fingerprint density at radius 3 is 1.80 bits per heavy atom. The molecule has 0 unspecified atom stereocenters. The summed E-state index contributed by atoms with van der Waals surface area (Å²) in [5.74, 6) is 0. The standard InChI is InChI=1S/C2H5Cl2N/c3-2(4)1-5/h2H,1,5H2/p+1. The molecule has 1 nitrogen and oxygen atoms in total. The molecule has 3 N–H and O–H groups in total. The number of hydrogen-bond acceptors (Lipinski definition) is 0. The van der Waals surface area contributed by atoms with Gasteiger partial charge in [-0.2, -0.15) is 0 Å². The molecule has 0 fully saturated rings. The summed E-state index contributed by atoms with van der Waals surface area (Å²) >= 11 is 10.3. The summed E-state index contributed by atoms with van der Waals surface area (Å²) in [6, 6.07) is 0. The molecule has 0 aliphatic carbocycles. The molecular weight excluding hydrogens is 109 g/mol. The minimum Gasteiger partial charge on any atom is -0.355 e. The van der Waals surface area contributed by atoms with Crippen LogP contribution in [0.25, 0.3) is 0 Å². The van der Waals surface area contributed by atoms with Crippen molar-refractivity contribution >= 4 is 23.2 Å². The van der Waals surface area contributed by atoms with Crippen LogP contribution in [0.5, 0.6) is 0 Å². The highest BCUT2D eigenvalue weighted by Crippen LogP contribution is 1.94. The molecule has 0 aliphatic heterocycles. The van der Waals surface area contributed by atoms with Gasteiger partial charge in [0, 0.05) is 0 Å². The Labute approximate surface area is 41.1 Å². The lowest BCUT2D eigenvalue weighted by Crippen LogP contribution is -2.53. The molecule has 32 valence electrons. The average molecular weight is 115 g/mol. The zero-order valence-corrected chi connectivity index (χ0v) is 4.26. The van der Waals surface area contributed by atoms with Crippen LogP contribution in [0.2, 0.25) is 0 Å². The Morgan fingerprint density at radius 2 is 1.80 bits per heavy atom. The summed E-state index contributed by atoms with van der Waals surface area (Å²) in [6.07, 6.45) is 0. The number of rotatable bonds is 1. The van der Waals surface area contributed by atoms with Gasteiger partial charge in [-0.1, -0.05) is 23.2 Å². The van der Waals surface area contributed by atoms with Crippen LogP contribution in [0.3, 0.4) is 0 Å². The number of alkyl halides is 2. The smallest absolute Gasteiger partial charge is 0.156 e. The monoisotopic (exact) mass is 114 g/mol. The van der Waals surface area contributed by atoms with E-state index in [1.165, 1.54) is 0 Å². The Balaban J connectivity index is 2.54. The third-order valence-electron chi connectivity index (χ3n) is 0.218. The first-order valence-corrected chi connectivity index (χ1v) is 2.22. The highest BCUT2D eigenvalue weighted by atomic mass is 35.5. The zero-order valence-electron chi connectivity index (χ0n) is 2.75. The van der Waals surface area contributed by atoms with E-state index in [9.17, 15) is 0 Å². The van der Waals surface area contributed by atoms with Crippen LogP contribution >= 0.6 is 23.2 Å². The topological polar surface area (TPSA) is 27.6 Å². The molecular formula is C2H6Cl2N+. The highest BCUT2D eigenvalue weighted by Gasteiger charge is 1.90. The quantitative estimate of drug-likeness (QED) is 0.467. The maximum Gasteiger partial charge on any atom is 0.156 e. The lowest BCUT2D eigenvalue weighted by atomic mass is 10.8. The lowest BCUT2D eigenvalue weighted by molar-refractivity contribution is -0.363. The van der Waals surface area contributed by atoms with Crippen LogP contribution in [0.15, 0.2) is 0 Å². The summed E-state index contributed by atoms with van der Waals surface area (Å²) in [7, 11) is 0. The summed E-state index contributed by atoms with van der Waals surface area (Å²) in [4.78, 5) is -0.282. The molecule has 0 aromatic rings. The molecule has 0 bridgehead atoms. The second kappa shape index (κ2) is 2.76. The van der Waals surface area contributed by atoms with Gasteiger partial charge in [-0.3, -0.25) is 0 Å². The van der Waals surface area contributed by atoms with Crippen molar-refractivity contribution in [2.24, 2.45) is 0 Å². The van der Waals surface area contributed by atoms with Gasteiger partial charge in [-0.15, -0.1) is 0 Å². The molecule has 0 atom stereocenters. The molecule has 0 heterocycles. The van der Waals surface area contributed by atoms with E-state index < -0.39 is 0 Å². The van der Waals surface area contributed by atoms with Crippen molar-refractivity contribution in [3.63, 3.8) is 0 Å². The maximum atomic E-state index is 5.17. The van der Waals surface area contributed by atoms with E-state index >= 15 is 0 Å². The van der Waals surface area contributed by atoms with Crippen LogP contribution in [0.1, 0.15) is 0 Å². The summed E-state index contributed by atoms with van der Waals surface area (Å²) < 4.78 is 0. The fourth-order valence-electron chi connectivity index (χ4n) is 0. The molecule has 0 saturated heterocycles. The van der Waals surface area contributed by atoms with E-state index in [1.807, 2.05) is 0 Å². The van der Waals surface area contributed by atoms with Crippen molar-refractivity contribution in [2.45, 2.75) is 4.84 Å². The van der Waals surface area contributed by atoms with E-state index in [-0.39, 0.29) is 4.84 Å². The maximum absolute atomic E-state index is 5.17. The second-order valence-electron chi connectivity index (χ2n) is 0.680. The molecule has 0 saturated carbocycles. The number of hydrogen-bond donors (Lipinski definition) is 1. The number of halogens is 2. The molecule has 0 aromatic heterocycles. The van der Waals surface area contributed by atoms with E-state index in [1.54, 1.807) is 0 Å². The van der Waals surface area contributed by atoms with Gasteiger partial charge in [0.15, 0.2) is 4.84 Å². The molecule has 0 rings (SSSR count). The average Bonchev–Trinajstić information content (AvgIpc) is 1.38. The summed E-state index contributed by atoms with van der Waals surface area (Å²) in [5, 5.41) is 0. The molecule has 5 heavy (non-hydrogen) atoms. The van der Waals surface area contributed by atoms with Crippen LogP contribution in [0, 0.1) is 0 Å². The first-order chi connectivity index (χ1) is 2.27. The lowest BCUT2D eigenvalue weighted by Gasteiger charge is -1.82. The van der Waals surface area contributed by atoms with Gasteiger partial charge in [0.2, 0.25) is 0 Å². The Hall–Kier alpha value is 0.540.